The molecule has 0 amide bonds. The van der Waals surface area contributed by atoms with Crippen molar-refractivity contribution in [2.24, 2.45) is 0 Å². The van der Waals surface area contributed by atoms with E-state index in [0.717, 1.165) is 0 Å². The van der Waals surface area contributed by atoms with Crippen LogP contribution in [0.1, 0.15) is 13.8 Å². The fourth-order valence-electron chi connectivity index (χ4n) is 1.17. The molecule has 0 aliphatic rings. The molecule has 10 heteroatoms. The SMILES string of the molecule is CCN(CC)C(F)(F)C(F)C(SF)(SF)SF. The average molecular weight is 319 g/mol. The molecule has 0 rings (SSSR count). The zero-order valence-corrected chi connectivity index (χ0v) is 11.4. The molecule has 0 saturated heterocycles. The van der Waals surface area contributed by atoms with Crippen LogP contribution in [0.25, 0.3) is 0 Å². The minimum Gasteiger partial charge on any atom is -0.242 e. The van der Waals surface area contributed by atoms with Crippen LogP contribution in [-0.2, 0) is 0 Å². The first-order valence-electron chi connectivity index (χ1n) is 4.52. The molecule has 0 heterocycles. The smallest absolute Gasteiger partial charge is 0.242 e. The molecular formula is C7H11F6NS3. The van der Waals surface area contributed by atoms with Crippen LogP contribution in [0.4, 0.5) is 24.8 Å². The highest BCUT2D eigenvalue weighted by atomic mass is 32.3. The van der Waals surface area contributed by atoms with Gasteiger partial charge in [-0.3, -0.25) is 0 Å². The zero-order valence-electron chi connectivity index (χ0n) is 8.93. The van der Waals surface area contributed by atoms with Crippen molar-refractivity contribution in [3.63, 3.8) is 0 Å². The molecule has 0 saturated carbocycles. The van der Waals surface area contributed by atoms with Crippen molar-refractivity contribution in [1.82, 2.24) is 4.90 Å². The van der Waals surface area contributed by atoms with Crippen LogP contribution in [0, 0.1) is 0 Å². The largest absolute Gasteiger partial charge is 0.339 e. The first-order chi connectivity index (χ1) is 7.86. The second-order valence-corrected chi connectivity index (χ2v) is 6.13. The Morgan fingerprint density at radius 1 is 1.00 bits per heavy atom. The van der Waals surface area contributed by atoms with Crippen LogP contribution >= 0.6 is 36.4 Å². The van der Waals surface area contributed by atoms with Gasteiger partial charge < -0.3 is 0 Å². The molecule has 1 unspecified atom stereocenters. The van der Waals surface area contributed by atoms with Gasteiger partial charge in [0.25, 0.3) is 0 Å². The highest BCUT2D eigenvalue weighted by Gasteiger charge is 2.60. The molecule has 0 aromatic rings. The molecule has 0 N–H and O–H groups in total. The molecule has 0 spiro atoms. The van der Waals surface area contributed by atoms with Gasteiger partial charge in [0, 0.05) is 13.1 Å². The minimum atomic E-state index is -4.15. The third-order valence-electron chi connectivity index (χ3n) is 2.12. The summed E-state index contributed by atoms with van der Waals surface area (Å²) in [6, 6.07) is -4.15. The normalized spacial score (nSPS) is 15.4. The maximum Gasteiger partial charge on any atom is 0.339 e. The van der Waals surface area contributed by atoms with Gasteiger partial charge in [-0.15, -0.1) is 0 Å². The summed E-state index contributed by atoms with van der Waals surface area (Å²) in [7, 11) is 0. The predicted molar refractivity (Wildman–Crippen MR) is 61.6 cm³/mol. The maximum absolute atomic E-state index is 13.6. The van der Waals surface area contributed by atoms with Crippen molar-refractivity contribution in [2.75, 3.05) is 13.1 Å². The Morgan fingerprint density at radius 2 is 1.35 bits per heavy atom. The summed E-state index contributed by atoms with van der Waals surface area (Å²) in [5.41, 5.74) is 0. The number of alkyl halides is 3. The maximum atomic E-state index is 13.6. The third kappa shape index (κ3) is 3.54. The Labute approximate surface area is 109 Å². The van der Waals surface area contributed by atoms with Gasteiger partial charge in [0.05, 0.1) is 36.4 Å². The topological polar surface area (TPSA) is 3.24 Å². The van der Waals surface area contributed by atoms with Crippen molar-refractivity contribution in [3.8, 4) is 0 Å². The lowest BCUT2D eigenvalue weighted by Gasteiger charge is -2.36. The molecular weight excluding hydrogens is 308 g/mol. The van der Waals surface area contributed by atoms with Crippen molar-refractivity contribution in [1.29, 1.82) is 0 Å². The molecule has 0 fully saturated rings. The average Bonchev–Trinajstić information content (AvgIpc) is 2.33. The minimum absolute atomic E-state index is 0.231. The lowest BCUT2D eigenvalue weighted by Crippen LogP contribution is -2.54. The molecule has 0 aliphatic heterocycles. The van der Waals surface area contributed by atoms with E-state index >= 15 is 0 Å². The molecule has 0 bridgehead atoms. The van der Waals surface area contributed by atoms with Crippen molar-refractivity contribution < 1.29 is 24.8 Å². The van der Waals surface area contributed by atoms with E-state index in [9.17, 15) is 24.8 Å². The molecule has 17 heavy (non-hydrogen) atoms. The summed E-state index contributed by atoms with van der Waals surface area (Å²) >= 11 is -3.35. The fraction of sp³-hybridized carbons (Fsp3) is 1.00. The van der Waals surface area contributed by atoms with Crippen LogP contribution < -0.4 is 0 Å². The van der Waals surface area contributed by atoms with Crippen LogP contribution in [0.5, 0.6) is 0 Å². The Balaban J connectivity index is 5.16. The quantitative estimate of drug-likeness (QED) is 0.360. The van der Waals surface area contributed by atoms with Gasteiger partial charge in [-0.05, 0) is 0 Å². The van der Waals surface area contributed by atoms with Gasteiger partial charge in [0.1, 0.15) is 0 Å². The van der Waals surface area contributed by atoms with Gasteiger partial charge in [0.2, 0.25) is 9.58 Å². The lowest BCUT2D eigenvalue weighted by molar-refractivity contribution is -0.186. The summed E-state index contributed by atoms with van der Waals surface area (Å²) in [5, 5.41) is 0. The molecule has 104 valence electrons. The Kier molecular flexibility index (Phi) is 7.50. The van der Waals surface area contributed by atoms with Crippen molar-refractivity contribution in [3.05, 3.63) is 0 Å². The van der Waals surface area contributed by atoms with Gasteiger partial charge in [-0.1, -0.05) is 13.8 Å². The van der Waals surface area contributed by atoms with Gasteiger partial charge >= 0.3 is 6.05 Å². The standard InChI is InChI=1S/C7H11F6NS3/c1-3-14(4-2)6(9,10)5(8)7(15-11,16-12)17-13/h5H,3-4H2,1-2H3. The molecule has 0 aliphatic carbocycles. The Bertz CT molecular complexity index is 215. The summed E-state index contributed by atoms with van der Waals surface area (Å²) in [6.45, 7) is 2.20. The number of halogens is 6. The van der Waals surface area contributed by atoms with Crippen LogP contribution in [0.2, 0.25) is 0 Å². The van der Waals surface area contributed by atoms with E-state index in [1.165, 1.54) is 13.8 Å². The second kappa shape index (κ2) is 7.25. The van der Waals surface area contributed by atoms with Gasteiger partial charge in [-0.25, -0.2) is 9.29 Å². The highest BCUT2D eigenvalue weighted by molar-refractivity contribution is 8.29. The lowest BCUT2D eigenvalue weighted by atomic mass is 10.3. The van der Waals surface area contributed by atoms with E-state index in [1.54, 1.807) is 0 Å². The van der Waals surface area contributed by atoms with Crippen molar-refractivity contribution in [2.45, 2.75) is 29.5 Å². The second-order valence-electron chi connectivity index (χ2n) is 2.96. The summed E-state index contributed by atoms with van der Waals surface area (Å²) in [4.78, 5) is 0.370. The summed E-state index contributed by atoms with van der Waals surface area (Å²) < 4.78 is 74.6. The molecule has 0 aromatic carbocycles. The van der Waals surface area contributed by atoms with Crippen LogP contribution in [0.3, 0.4) is 0 Å². The first kappa shape index (κ1) is 17.6. The van der Waals surface area contributed by atoms with E-state index in [0.29, 0.717) is 4.90 Å². The summed E-state index contributed by atoms with van der Waals surface area (Å²) in [6.07, 6.45) is -3.34. The fourth-order valence-corrected chi connectivity index (χ4v) is 2.12. The van der Waals surface area contributed by atoms with Crippen LogP contribution in [-0.4, -0.2) is 33.6 Å². The van der Waals surface area contributed by atoms with E-state index in [-0.39, 0.29) is 13.1 Å². The van der Waals surface area contributed by atoms with E-state index in [1.807, 2.05) is 0 Å². The first-order valence-corrected chi connectivity index (χ1v) is 6.67. The molecule has 1 nitrogen and oxygen atoms in total. The highest BCUT2D eigenvalue weighted by Crippen LogP contribution is 2.56. The Hall–Kier alpha value is 0.590. The van der Waals surface area contributed by atoms with Crippen LogP contribution in [0.15, 0.2) is 0 Å². The number of nitrogens with zero attached hydrogens (tertiary/aromatic N) is 1. The molecule has 0 aromatic heterocycles. The van der Waals surface area contributed by atoms with Gasteiger partial charge in [-0.2, -0.15) is 20.4 Å². The Morgan fingerprint density at radius 3 is 1.59 bits per heavy atom. The molecule has 1 atom stereocenters. The third-order valence-corrected chi connectivity index (χ3v) is 4.52. The van der Waals surface area contributed by atoms with E-state index in [4.69, 9.17) is 0 Å². The zero-order chi connectivity index (χ0) is 13.7. The van der Waals surface area contributed by atoms with E-state index < -0.39 is 52.1 Å². The monoisotopic (exact) mass is 319 g/mol. The number of hydrogen-bond donors (Lipinski definition) is 0. The summed E-state index contributed by atoms with van der Waals surface area (Å²) in [5.74, 6) is 0. The van der Waals surface area contributed by atoms with Crippen molar-refractivity contribution >= 4 is 36.4 Å². The number of rotatable bonds is 8. The van der Waals surface area contributed by atoms with Gasteiger partial charge in [0.15, 0.2) is 0 Å². The van der Waals surface area contributed by atoms with E-state index in [2.05, 4.69) is 0 Å². The number of hydrogen-bond acceptors (Lipinski definition) is 4. The predicted octanol–water partition coefficient (Wildman–Crippen LogP) is 4.77. The molecule has 0 radical (unpaired) electrons.